The van der Waals surface area contributed by atoms with Crippen LogP contribution in [0.2, 0.25) is 0 Å². The van der Waals surface area contributed by atoms with Gasteiger partial charge < -0.3 is 10.5 Å². The van der Waals surface area contributed by atoms with Crippen LogP contribution in [0.1, 0.15) is 20.3 Å². The topological polar surface area (TPSA) is 52.3 Å². The van der Waals surface area contributed by atoms with Crippen molar-refractivity contribution in [3.8, 4) is 0 Å². The van der Waals surface area contributed by atoms with E-state index in [2.05, 4.69) is 0 Å². The van der Waals surface area contributed by atoms with E-state index in [0.29, 0.717) is 18.1 Å². The van der Waals surface area contributed by atoms with Crippen molar-refractivity contribution in [3.05, 3.63) is 23.8 Å². The van der Waals surface area contributed by atoms with Crippen molar-refractivity contribution in [2.24, 2.45) is 11.7 Å². The van der Waals surface area contributed by atoms with Gasteiger partial charge in [0.2, 0.25) is 0 Å². The molecule has 2 unspecified atom stereocenters. The van der Waals surface area contributed by atoms with E-state index in [-0.39, 0.29) is 12.0 Å². The molecule has 0 aromatic carbocycles. The molecule has 0 aromatic rings. The lowest BCUT2D eigenvalue weighted by Gasteiger charge is -2.18. The van der Waals surface area contributed by atoms with Gasteiger partial charge in [0.25, 0.3) is 0 Å². The summed E-state index contributed by atoms with van der Waals surface area (Å²) in [6.07, 6.45) is 6.50. The SMILES string of the molecule is CCOC(=O)C1=CCC(C(C)N)C=C1. The Balaban J connectivity index is 2.54. The lowest BCUT2D eigenvalue weighted by Crippen LogP contribution is -2.26. The highest BCUT2D eigenvalue weighted by atomic mass is 16.5. The van der Waals surface area contributed by atoms with Gasteiger partial charge in [-0.15, -0.1) is 0 Å². The Bertz CT molecular complexity index is 266. The van der Waals surface area contributed by atoms with Crippen LogP contribution in [0.4, 0.5) is 0 Å². The fourth-order valence-corrected chi connectivity index (χ4v) is 1.39. The molecule has 3 nitrogen and oxygen atoms in total. The number of carbonyl (C=O) groups excluding carboxylic acids is 1. The van der Waals surface area contributed by atoms with Gasteiger partial charge in [0.15, 0.2) is 0 Å². The van der Waals surface area contributed by atoms with E-state index in [9.17, 15) is 4.79 Å². The molecule has 0 saturated heterocycles. The first-order chi connectivity index (χ1) is 6.65. The van der Waals surface area contributed by atoms with Crippen molar-refractivity contribution in [2.45, 2.75) is 26.3 Å². The Morgan fingerprint density at radius 3 is 2.93 bits per heavy atom. The summed E-state index contributed by atoms with van der Waals surface area (Å²) in [4.78, 5) is 11.3. The highest BCUT2D eigenvalue weighted by Crippen LogP contribution is 2.19. The predicted molar refractivity (Wildman–Crippen MR) is 55.6 cm³/mol. The molecule has 78 valence electrons. The third-order valence-electron chi connectivity index (χ3n) is 2.32. The second kappa shape index (κ2) is 4.96. The van der Waals surface area contributed by atoms with Gasteiger partial charge in [0.05, 0.1) is 12.2 Å². The van der Waals surface area contributed by atoms with Crippen molar-refractivity contribution in [1.82, 2.24) is 0 Å². The van der Waals surface area contributed by atoms with E-state index in [1.54, 1.807) is 13.0 Å². The number of rotatable bonds is 3. The standard InChI is InChI=1S/C11H17NO2/c1-3-14-11(13)10-6-4-9(5-7-10)8(2)12/h4,6-9H,3,5,12H2,1-2H3. The van der Waals surface area contributed by atoms with Gasteiger partial charge in [-0.05, 0) is 26.2 Å². The van der Waals surface area contributed by atoms with Crippen molar-refractivity contribution < 1.29 is 9.53 Å². The lowest BCUT2D eigenvalue weighted by molar-refractivity contribution is -0.138. The van der Waals surface area contributed by atoms with Gasteiger partial charge >= 0.3 is 5.97 Å². The number of carbonyl (C=O) groups is 1. The molecule has 3 heteroatoms. The molecule has 0 saturated carbocycles. The van der Waals surface area contributed by atoms with Crippen molar-refractivity contribution in [1.29, 1.82) is 0 Å². The van der Waals surface area contributed by atoms with E-state index < -0.39 is 0 Å². The number of hydrogen-bond acceptors (Lipinski definition) is 3. The Kier molecular flexibility index (Phi) is 3.89. The minimum atomic E-state index is -0.244. The molecular weight excluding hydrogens is 178 g/mol. The molecule has 2 N–H and O–H groups in total. The maximum absolute atomic E-state index is 11.3. The van der Waals surface area contributed by atoms with Crippen molar-refractivity contribution >= 4 is 5.97 Å². The molecule has 2 atom stereocenters. The van der Waals surface area contributed by atoms with Gasteiger partial charge in [0.1, 0.15) is 0 Å². The molecule has 1 aliphatic carbocycles. The first-order valence-electron chi connectivity index (χ1n) is 4.96. The van der Waals surface area contributed by atoms with Gasteiger partial charge in [-0.2, -0.15) is 0 Å². The quantitative estimate of drug-likeness (QED) is 0.692. The van der Waals surface area contributed by atoms with Gasteiger partial charge in [-0.25, -0.2) is 4.79 Å². The molecule has 0 spiro atoms. The summed E-state index contributed by atoms with van der Waals surface area (Å²) in [5.41, 5.74) is 6.39. The number of esters is 1. The van der Waals surface area contributed by atoms with E-state index in [1.807, 2.05) is 19.1 Å². The average Bonchev–Trinajstić information content (AvgIpc) is 2.18. The molecule has 14 heavy (non-hydrogen) atoms. The van der Waals surface area contributed by atoms with Gasteiger partial charge in [0, 0.05) is 6.04 Å². The molecule has 1 aliphatic rings. The van der Waals surface area contributed by atoms with Crippen molar-refractivity contribution in [3.63, 3.8) is 0 Å². The Morgan fingerprint density at radius 2 is 2.50 bits per heavy atom. The number of ether oxygens (including phenoxy) is 1. The Morgan fingerprint density at radius 1 is 1.79 bits per heavy atom. The van der Waals surface area contributed by atoms with Gasteiger partial charge in [-0.1, -0.05) is 18.2 Å². The van der Waals surface area contributed by atoms with Crippen LogP contribution in [0.25, 0.3) is 0 Å². The monoisotopic (exact) mass is 195 g/mol. The van der Waals surface area contributed by atoms with Crippen LogP contribution in [-0.2, 0) is 9.53 Å². The predicted octanol–water partition coefficient (Wildman–Crippen LogP) is 1.40. The highest BCUT2D eigenvalue weighted by molar-refractivity contribution is 5.91. The second-order valence-electron chi connectivity index (χ2n) is 3.50. The summed E-state index contributed by atoms with van der Waals surface area (Å²) in [6, 6.07) is 0.131. The number of hydrogen-bond donors (Lipinski definition) is 1. The maximum Gasteiger partial charge on any atom is 0.337 e. The average molecular weight is 195 g/mol. The molecule has 0 radical (unpaired) electrons. The summed E-state index contributed by atoms with van der Waals surface area (Å²) in [5, 5.41) is 0. The molecular formula is C11H17NO2. The smallest absolute Gasteiger partial charge is 0.337 e. The van der Waals surface area contributed by atoms with Gasteiger partial charge in [-0.3, -0.25) is 0 Å². The molecule has 0 aromatic heterocycles. The van der Waals surface area contributed by atoms with Crippen LogP contribution >= 0.6 is 0 Å². The second-order valence-corrected chi connectivity index (χ2v) is 3.50. The summed E-state index contributed by atoms with van der Waals surface area (Å²) in [6.45, 7) is 4.19. The maximum atomic E-state index is 11.3. The van der Waals surface area contributed by atoms with Crippen LogP contribution < -0.4 is 5.73 Å². The third kappa shape index (κ3) is 2.70. The zero-order valence-corrected chi connectivity index (χ0v) is 8.69. The Hall–Kier alpha value is -1.09. The molecule has 0 amide bonds. The zero-order valence-electron chi connectivity index (χ0n) is 8.69. The molecule has 0 aliphatic heterocycles. The molecule has 0 fully saturated rings. The first kappa shape index (κ1) is 11.0. The number of nitrogens with two attached hydrogens (primary N) is 1. The van der Waals surface area contributed by atoms with Crippen LogP contribution in [0, 0.1) is 5.92 Å². The van der Waals surface area contributed by atoms with E-state index in [1.165, 1.54) is 0 Å². The molecule has 0 bridgehead atoms. The largest absolute Gasteiger partial charge is 0.462 e. The summed E-state index contributed by atoms with van der Waals surface area (Å²) < 4.78 is 4.89. The van der Waals surface area contributed by atoms with Crippen LogP contribution in [0.15, 0.2) is 23.8 Å². The number of allylic oxidation sites excluding steroid dienone is 1. The fourth-order valence-electron chi connectivity index (χ4n) is 1.39. The van der Waals surface area contributed by atoms with E-state index in [4.69, 9.17) is 10.5 Å². The lowest BCUT2D eigenvalue weighted by atomic mass is 9.92. The summed E-state index contributed by atoms with van der Waals surface area (Å²) in [7, 11) is 0. The van der Waals surface area contributed by atoms with Crippen LogP contribution in [-0.4, -0.2) is 18.6 Å². The van der Waals surface area contributed by atoms with E-state index >= 15 is 0 Å². The fraction of sp³-hybridized carbons (Fsp3) is 0.545. The van der Waals surface area contributed by atoms with E-state index in [0.717, 1.165) is 6.42 Å². The molecule has 0 heterocycles. The van der Waals surface area contributed by atoms with Crippen LogP contribution in [0.3, 0.4) is 0 Å². The Labute approximate surface area is 84.6 Å². The van der Waals surface area contributed by atoms with Crippen LogP contribution in [0.5, 0.6) is 0 Å². The summed E-state index contributed by atoms with van der Waals surface area (Å²) in [5.74, 6) is 0.0973. The normalized spacial score (nSPS) is 22.8. The first-order valence-corrected chi connectivity index (χ1v) is 4.96. The molecule has 1 rings (SSSR count). The van der Waals surface area contributed by atoms with Crippen molar-refractivity contribution in [2.75, 3.05) is 6.61 Å². The minimum Gasteiger partial charge on any atom is -0.462 e. The summed E-state index contributed by atoms with van der Waals surface area (Å²) >= 11 is 0. The third-order valence-corrected chi connectivity index (χ3v) is 2.32. The highest BCUT2D eigenvalue weighted by Gasteiger charge is 2.16. The zero-order chi connectivity index (χ0) is 10.6. The minimum absolute atomic E-state index is 0.131.